The first-order chi connectivity index (χ1) is 7.66. The van der Waals surface area contributed by atoms with Gasteiger partial charge in [-0.2, -0.15) is 0 Å². The molecule has 82 valence electrons. The van der Waals surface area contributed by atoms with E-state index in [-0.39, 0.29) is 0 Å². The van der Waals surface area contributed by atoms with Crippen LogP contribution in [0.2, 0.25) is 0 Å². The van der Waals surface area contributed by atoms with Crippen molar-refractivity contribution in [2.75, 3.05) is 5.32 Å². The van der Waals surface area contributed by atoms with Gasteiger partial charge >= 0.3 is 0 Å². The molecule has 3 nitrogen and oxygen atoms in total. The third kappa shape index (κ3) is 2.39. The first kappa shape index (κ1) is 11.1. The molecule has 1 N–H and O–H groups in total. The number of aryl methyl sites for hydroxylation is 2. The van der Waals surface area contributed by atoms with Gasteiger partial charge in [0.1, 0.15) is 0 Å². The fraction of sp³-hybridized carbons (Fsp3) is 0.167. The summed E-state index contributed by atoms with van der Waals surface area (Å²) in [5.74, 6) is 0. The molecule has 0 radical (unpaired) electrons. The highest BCUT2D eigenvalue weighted by atomic mass is 79.9. The van der Waals surface area contributed by atoms with Crippen LogP contribution in [0.25, 0.3) is 0 Å². The van der Waals surface area contributed by atoms with Crippen LogP contribution in [0, 0.1) is 13.8 Å². The fourth-order valence-electron chi connectivity index (χ4n) is 1.44. The Kier molecular flexibility index (Phi) is 3.19. The van der Waals surface area contributed by atoms with Crippen molar-refractivity contribution in [2.24, 2.45) is 0 Å². The predicted molar refractivity (Wildman–Crippen MR) is 68.9 cm³/mol. The van der Waals surface area contributed by atoms with Crippen molar-refractivity contribution in [1.82, 2.24) is 9.97 Å². The molecule has 0 aliphatic heterocycles. The molecule has 0 atom stereocenters. The quantitative estimate of drug-likeness (QED) is 0.912. The van der Waals surface area contributed by atoms with Gasteiger partial charge in [-0.15, -0.1) is 0 Å². The number of nitrogens with one attached hydrogen (secondary N) is 1. The largest absolute Gasteiger partial charge is 0.353 e. The predicted octanol–water partition coefficient (Wildman–Crippen LogP) is 3.60. The molecule has 0 aliphatic carbocycles. The van der Waals surface area contributed by atoms with E-state index in [1.165, 1.54) is 0 Å². The first-order valence-corrected chi connectivity index (χ1v) is 5.77. The van der Waals surface area contributed by atoms with Crippen molar-refractivity contribution < 1.29 is 0 Å². The minimum atomic E-state index is 0.940. The summed E-state index contributed by atoms with van der Waals surface area (Å²) in [5.41, 5.74) is 4.02. The maximum Gasteiger partial charge on any atom is 0.0610 e. The molecule has 4 heteroatoms. The second kappa shape index (κ2) is 4.61. The van der Waals surface area contributed by atoms with Gasteiger partial charge in [-0.25, -0.2) is 0 Å². The molecular weight excluding hydrogens is 266 g/mol. The molecule has 2 rings (SSSR count). The smallest absolute Gasteiger partial charge is 0.0610 e. The van der Waals surface area contributed by atoms with Crippen LogP contribution in [-0.4, -0.2) is 9.97 Å². The van der Waals surface area contributed by atoms with Crippen molar-refractivity contribution in [3.05, 3.63) is 46.5 Å². The number of nitrogens with zero attached hydrogens (tertiary/aromatic N) is 2. The van der Waals surface area contributed by atoms with Crippen molar-refractivity contribution in [2.45, 2.75) is 13.8 Å². The Morgan fingerprint density at radius 2 is 1.94 bits per heavy atom. The third-order valence-corrected chi connectivity index (χ3v) is 2.90. The van der Waals surface area contributed by atoms with Crippen LogP contribution < -0.4 is 5.32 Å². The molecule has 0 aromatic carbocycles. The number of anilines is 2. The topological polar surface area (TPSA) is 37.8 Å². The van der Waals surface area contributed by atoms with Gasteiger partial charge in [-0.3, -0.25) is 9.97 Å². The van der Waals surface area contributed by atoms with Crippen LogP contribution in [0.1, 0.15) is 11.4 Å². The minimum Gasteiger partial charge on any atom is -0.353 e. The molecule has 0 spiro atoms. The summed E-state index contributed by atoms with van der Waals surface area (Å²) in [6, 6.07) is 5.94. The number of halogens is 1. The van der Waals surface area contributed by atoms with Gasteiger partial charge in [0.2, 0.25) is 0 Å². The highest BCUT2D eigenvalue weighted by Gasteiger charge is 2.03. The number of pyridine rings is 2. The SMILES string of the molecule is Cc1ccc(Nc2ccncc2Br)c(C)n1. The Labute approximate surface area is 103 Å². The van der Waals surface area contributed by atoms with Crippen molar-refractivity contribution in [3.63, 3.8) is 0 Å². The van der Waals surface area contributed by atoms with Crippen molar-refractivity contribution in [1.29, 1.82) is 0 Å². The molecule has 0 saturated heterocycles. The summed E-state index contributed by atoms with van der Waals surface area (Å²) in [7, 11) is 0. The number of rotatable bonds is 2. The molecule has 0 amide bonds. The van der Waals surface area contributed by atoms with E-state index in [4.69, 9.17) is 0 Å². The standard InChI is InChI=1S/C12H12BrN3/c1-8-3-4-11(9(2)15-8)16-12-5-6-14-7-10(12)13/h3-7H,1-2H3,(H,14,16). The number of hydrogen-bond acceptors (Lipinski definition) is 3. The molecule has 0 bridgehead atoms. The molecule has 0 fully saturated rings. The van der Waals surface area contributed by atoms with E-state index in [0.29, 0.717) is 0 Å². The maximum absolute atomic E-state index is 4.41. The molecular formula is C12H12BrN3. The lowest BCUT2D eigenvalue weighted by atomic mass is 10.2. The van der Waals surface area contributed by atoms with Crippen LogP contribution in [0.3, 0.4) is 0 Å². The second-order valence-electron chi connectivity index (χ2n) is 3.57. The van der Waals surface area contributed by atoms with Crippen molar-refractivity contribution in [3.8, 4) is 0 Å². The average molecular weight is 278 g/mol. The Bertz CT molecular complexity index is 511. The summed E-state index contributed by atoms with van der Waals surface area (Å²) in [4.78, 5) is 8.43. The second-order valence-corrected chi connectivity index (χ2v) is 4.42. The molecule has 2 heterocycles. The van der Waals surface area contributed by atoms with Crippen molar-refractivity contribution >= 4 is 27.3 Å². The van der Waals surface area contributed by atoms with Gasteiger partial charge in [0, 0.05) is 18.1 Å². The zero-order valence-corrected chi connectivity index (χ0v) is 10.7. The van der Waals surface area contributed by atoms with E-state index in [0.717, 1.165) is 27.2 Å². The summed E-state index contributed by atoms with van der Waals surface area (Å²) >= 11 is 3.45. The Hall–Kier alpha value is -1.42. The monoisotopic (exact) mass is 277 g/mol. The van der Waals surface area contributed by atoms with Gasteiger partial charge in [0.05, 0.1) is 21.5 Å². The Morgan fingerprint density at radius 3 is 2.62 bits per heavy atom. The highest BCUT2D eigenvalue weighted by Crippen LogP contribution is 2.25. The highest BCUT2D eigenvalue weighted by molar-refractivity contribution is 9.10. The fourth-order valence-corrected chi connectivity index (χ4v) is 1.79. The first-order valence-electron chi connectivity index (χ1n) is 4.97. The van der Waals surface area contributed by atoms with Crippen LogP contribution in [0.5, 0.6) is 0 Å². The zero-order chi connectivity index (χ0) is 11.5. The summed E-state index contributed by atoms with van der Waals surface area (Å²) in [6.07, 6.45) is 3.52. The third-order valence-electron chi connectivity index (χ3n) is 2.27. The van der Waals surface area contributed by atoms with E-state index >= 15 is 0 Å². The van der Waals surface area contributed by atoms with E-state index < -0.39 is 0 Å². The van der Waals surface area contributed by atoms with Crippen LogP contribution in [-0.2, 0) is 0 Å². The van der Waals surface area contributed by atoms with E-state index in [2.05, 4.69) is 31.2 Å². The van der Waals surface area contributed by atoms with E-state index in [1.807, 2.05) is 32.0 Å². The van der Waals surface area contributed by atoms with Gasteiger partial charge in [0.25, 0.3) is 0 Å². The van der Waals surface area contributed by atoms with E-state index in [1.54, 1.807) is 12.4 Å². The molecule has 0 saturated carbocycles. The molecule has 2 aromatic rings. The Morgan fingerprint density at radius 1 is 1.12 bits per heavy atom. The van der Waals surface area contributed by atoms with Crippen LogP contribution in [0.4, 0.5) is 11.4 Å². The molecule has 0 unspecified atom stereocenters. The molecule has 16 heavy (non-hydrogen) atoms. The summed E-state index contributed by atoms with van der Waals surface area (Å²) < 4.78 is 0.940. The number of aromatic nitrogens is 2. The van der Waals surface area contributed by atoms with Crippen LogP contribution in [0.15, 0.2) is 35.1 Å². The lowest BCUT2D eigenvalue weighted by Gasteiger charge is -2.10. The van der Waals surface area contributed by atoms with Gasteiger partial charge in [-0.05, 0) is 48.0 Å². The Balaban J connectivity index is 2.31. The van der Waals surface area contributed by atoms with Crippen LogP contribution >= 0.6 is 15.9 Å². The van der Waals surface area contributed by atoms with Gasteiger partial charge in [-0.1, -0.05) is 0 Å². The summed E-state index contributed by atoms with van der Waals surface area (Å²) in [5, 5.41) is 3.32. The normalized spacial score (nSPS) is 10.2. The lowest BCUT2D eigenvalue weighted by molar-refractivity contribution is 1.12. The molecule has 2 aromatic heterocycles. The number of hydrogen-bond donors (Lipinski definition) is 1. The average Bonchev–Trinajstić information content (AvgIpc) is 2.25. The summed E-state index contributed by atoms with van der Waals surface area (Å²) in [6.45, 7) is 3.98. The van der Waals surface area contributed by atoms with Gasteiger partial charge in [0.15, 0.2) is 0 Å². The lowest BCUT2D eigenvalue weighted by Crippen LogP contribution is -1.97. The van der Waals surface area contributed by atoms with E-state index in [9.17, 15) is 0 Å². The molecule has 0 aliphatic rings. The maximum atomic E-state index is 4.41. The minimum absolute atomic E-state index is 0.940. The van der Waals surface area contributed by atoms with Gasteiger partial charge < -0.3 is 5.32 Å². The zero-order valence-electron chi connectivity index (χ0n) is 9.16.